The number of benzene rings is 3. The van der Waals surface area contributed by atoms with Crippen molar-refractivity contribution in [3.63, 3.8) is 0 Å². The zero-order chi connectivity index (χ0) is 24.3. The van der Waals surface area contributed by atoms with Crippen LogP contribution in [0.25, 0.3) is 0 Å². The summed E-state index contributed by atoms with van der Waals surface area (Å²) in [4.78, 5) is 13.5. The standard InChI is InChI=1S/C24H25N3O5S2/c1-19-10-8-9-15-22(19)25-24(28)23-18-26(33(29,30)20-11-4-2-5-12-20)16-17-27(23)34(31,32)21-13-6-3-7-14-21/h2-15,23H,16-18H2,1H3,(H,25,28)/t23-/m1/s1. The SMILES string of the molecule is Cc1ccccc1NC(=O)[C@H]1CN(S(=O)(=O)c2ccccc2)CCN1S(=O)(=O)c1ccccc1. The highest BCUT2D eigenvalue weighted by Gasteiger charge is 2.43. The monoisotopic (exact) mass is 499 g/mol. The average molecular weight is 500 g/mol. The van der Waals surface area contributed by atoms with E-state index in [-0.39, 0.29) is 29.4 Å². The number of hydrogen-bond donors (Lipinski definition) is 1. The number of anilines is 1. The fourth-order valence-corrected chi connectivity index (χ4v) is 6.91. The van der Waals surface area contributed by atoms with Crippen molar-refractivity contribution in [2.24, 2.45) is 0 Å². The Labute approximate surface area is 199 Å². The van der Waals surface area contributed by atoms with Gasteiger partial charge in [0.15, 0.2) is 0 Å². The van der Waals surface area contributed by atoms with Gasteiger partial charge >= 0.3 is 0 Å². The molecular weight excluding hydrogens is 474 g/mol. The number of amides is 1. The van der Waals surface area contributed by atoms with Crippen LogP contribution in [0, 0.1) is 6.92 Å². The zero-order valence-corrected chi connectivity index (χ0v) is 20.2. The number of carbonyl (C=O) groups excluding carboxylic acids is 1. The predicted octanol–water partition coefficient (Wildman–Crippen LogP) is 2.70. The van der Waals surface area contributed by atoms with E-state index in [9.17, 15) is 21.6 Å². The molecule has 3 aromatic rings. The van der Waals surface area contributed by atoms with E-state index in [0.717, 1.165) is 9.87 Å². The summed E-state index contributed by atoms with van der Waals surface area (Å²) in [6.07, 6.45) is 0. The lowest BCUT2D eigenvalue weighted by Gasteiger charge is -2.39. The van der Waals surface area contributed by atoms with Gasteiger partial charge in [0.05, 0.1) is 9.79 Å². The molecule has 10 heteroatoms. The minimum absolute atomic E-state index is 0.0445. The van der Waals surface area contributed by atoms with E-state index in [4.69, 9.17) is 0 Å². The second kappa shape index (κ2) is 9.67. The molecule has 1 N–H and O–H groups in total. The second-order valence-electron chi connectivity index (χ2n) is 7.92. The molecule has 0 aliphatic carbocycles. The van der Waals surface area contributed by atoms with Crippen LogP contribution in [0.2, 0.25) is 0 Å². The molecule has 8 nitrogen and oxygen atoms in total. The zero-order valence-electron chi connectivity index (χ0n) is 18.5. The van der Waals surface area contributed by atoms with Crippen LogP contribution in [0.1, 0.15) is 5.56 Å². The first-order chi connectivity index (χ1) is 16.2. The van der Waals surface area contributed by atoms with Crippen molar-refractivity contribution in [2.75, 3.05) is 25.0 Å². The van der Waals surface area contributed by atoms with Crippen LogP contribution in [-0.2, 0) is 24.8 Å². The molecule has 1 atom stereocenters. The summed E-state index contributed by atoms with van der Waals surface area (Å²) in [6, 6.07) is 21.6. The summed E-state index contributed by atoms with van der Waals surface area (Å²) in [5.41, 5.74) is 1.34. The molecule has 1 heterocycles. The Hall–Kier alpha value is -3.05. The molecule has 0 radical (unpaired) electrons. The lowest BCUT2D eigenvalue weighted by atomic mass is 10.1. The lowest BCUT2D eigenvalue weighted by molar-refractivity contribution is -0.120. The quantitative estimate of drug-likeness (QED) is 0.562. The normalized spacial score (nSPS) is 17.9. The van der Waals surface area contributed by atoms with Gasteiger partial charge in [-0.2, -0.15) is 8.61 Å². The third-order valence-corrected chi connectivity index (χ3v) is 9.53. The Balaban J connectivity index is 1.70. The number of nitrogens with one attached hydrogen (secondary N) is 1. The Bertz CT molecular complexity index is 1380. The number of carbonyl (C=O) groups is 1. The summed E-state index contributed by atoms with van der Waals surface area (Å²) in [7, 11) is -7.95. The van der Waals surface area contributed by atoms with Crippen LogP contribution < -0.4 is 5.32 Å². The maximum atomic E-state index is 13.4. The van der Waals surface area contributed by atoms with Crippen LogP contribution in [0.5, 0.6) is 0 Å². The maximum absolute atomic E-state index is 13.4. The van der Waals surface area contributed by atoms with Gasteiger partial charge in [-0.25, -0.2) is 16.8 Å². The van der Waals surface area contributed by atoms with Gasteiger partial charge in [-0.15, -0.1) is 0 Å². The van der Waals surface area contributed by atoms with Crippen LogP contribution in [-0.4, -0.2) is 57.0 Å². The van der Waals surface area contributed by atoms with Gasteiger partial charge in [0, 0.05) is 25.3 Å². The van der Waals surface area contributed by atoms with Crippen molar-refractivity contribution in [2.45, 2.75) is 22.8 Å². The predicted molar refractivity (Wildman–Crippen MR) is 129 cm³/mol. The highest BCUT2D eigenvalue weighted by molar-refractivity contribution is 7.89. The van der Waals surface area contributed by atoms with E-state index in [0.29, 0.717) is 5.69 Å². The molecule has 0 spiro atoms. The average Bonchev–Trinajstić information content (AvgIpc) is 2.86. The van der Waals surface area contributed by atoms with Crippen molar-refractivity contribution in [1.29, 1.82) is 0 Å². The summed E-state index contributed by atoms with van der Waals surface area (Å²) in [5, 5.41) is 2.78. The Morgan fingerprint density at radius 1 is 0.765 bits per heavy atom. The van der Waals surface area contributed by atoms with Crippen molar-refractivity contribution in [1.82, 2.24) is 8.61 Å². The molecule has 34 heavy (non-hydrogen) atoms. The summed E-state index contributed by atoms with van der Waals surface area (Å²) < 4.78 is 55.6. The first-order valence-corrected chi connectivity index (χ1v) is 13.6. The second-order valence-corrected chi connectivity index (χ2v) is 11.8. The van der Waals surface area contributed by atoms with Crippen LogP contribution in [0.15, 0.2) is 94.7 Å². The third kappa shape index (κ3) is 4.76. The molecule has 178 valence electrons. The summed E-state index contributed by atoms with van der Waals surface area (Å²) in [6.45, 7) is 1.29. The molecule has 3 aromatic carbocycles. The van der Waals surface area contributed by atoms with Gasteiger partial charge in [0.25, 0.3) is 0 Å². The van der Waals surface area contributed by atoms with Crippen LogP contribution >= 0.6 is 0 Å². The molecular formula is C24H25N3O5S2. The molecule has 0 unspecified atom stereocenters. The molecule has 0 saturated carbocycles. The van der Waals surface area contributed by atoms with E-state index in [1.54, 1.807) is 48.5 Å². The van der Waals surface area contributed by atoms with E-state index in [1.807, 2.05) is 19.1 Å². The Kier molecular flexibility index (Phi) is 6.85. The van der Waals surface area contributed by atoms with Gasteiger partial charge in [0.2, 0.25) is 26.0 Å². The van der Waals surface area contributed by atoms with Crippen molar-refractivity contribution >= 4 is 31.6 Å². The third-order valence-electron chi connectivity index (χ3n) is 5.73. The molecule has 1 amide bonds. The van der Waals surface area contributed by atoms with E-state index < -0.39 is 32.0 Å². The topological polar surface area (TPSA) is 104 Å². The minimum Gasteiger partial charge on any atom is -0.324 e. The number of para-hydroxylation sites is 1. The van der Waals surface area contributed by atoms with Crippen molar-refractivity contribution in [3.05, 3.63) is 90.5 Å². The first-order valence-electron chi connectivity index (χ1n) is 10.7. The summed E-state index contributed by atoms with van der Waals surface area (Å²) in [5.74, 6) is -0.596. The highest BCUT2D eigenvalue weighted by atomic mass is 32.2. The van der Waals surface area contributed by atoms with Crippen LogP contribution in [0.3, 0.4) is 0 Å². The largest absolute Gasteiger partial charge is 0.324 e. The van der Waals surface area contributed by atoms with E-state index in [2.05, 4.69) is 5.32 Å². The summed E-state index contributed by atoms with van der Waals surface area (Å²) >= 11 is 0. The number of piperazine rings is 1. The van der Waals surface area contributed by atoms with Gasteiger partial charge in [-0.05, 0) is 42.8 Å². The molecule has 0 aromatic heterocycles. The number of nitrogens with zero attached hydrogens (tertiary/aromatic N) is 2. The van der Waals surface area contributed by atoms with Gasteiger partial charge in [-0.3, -0.25) is 4.79 Å². The van der Waals surface area contributed by atoms with Crippen molar-refractivity contribution in [3.8, 4) is 0 Å². The number of sulfonamides is 2. The smallest absolute Gasteiger partial charge is 0.244 e. The Morgan fingerprint density at radius 2 is 1.29 bits per heavy atom. The number of aryl methyl sites for hydroxylation is 1. The minimum atomic E-state index is -4.04. The van der Waals surface area contributed by atoms with E-state index in [1.165, 1.54) is 28.6 Å². The Morgan fingerprint density at radius 3 is 1.88 bits per heavy atom. The first kappa shape index (κ1) is 24.1. The maximum Gasteiger partial charge on any atom is 0.244 e. The van der Waals surface area contributed by atoms with E-state index >= 15 is 0 Å². The van der Waals surface area contributed by atoms with Gasteiger partial charge in [-0.1, -0.05) is 54.6 Å². The molecule has 1 aliphatic rings. The molecule has 1 fully saturated rings. The van der Waals surface area contributed by atoms with Gasteiger partial charge in [0.1, 0.15) is 6.04 Å². The lowest BCUT2D eigenvalue weighted by Crippen LogP contribution is -2.60. The number of hydrogen-bond acceptors (Lipinski definition) is 5. The molecule has 4 rings (SSSR count). The molecule has 1 aliphatic heterocycles. The van der Waals surface area contributed by atoms with Gasteiger partial charge < -0.3 is 5.32 Å². The number of rotatable bonds is 6. The fourth-order valence-electron chi connectivity index (χ4n) is 3.86. The van der Waals surface area contributed by atoms with Crippen molar-refractivity contribution < 1.29 is 21.6 Å². The fraction of sp³-hybridized carbons (Fsp3) is 0.208. The molecule has 1 saturated heterocycles. The molecule has 0 bridgehead atoms. The highest BCUT2D eigenvalue weighted by Crippen LogP contribution is 2.26. The van der Waals surface area contributed by atoms with Crippen LogP contribution in [0.4, 0.5) is 5.69 Å².